The van der Waals surface area contributed by atoms with Crippen molar-refractivity contribution in [3.8, 4) is 5.75 Å². The molecule has 1 atom stereocenters. The van der Waals surface area contributed by atoms with Crippen LogP contribution in [-0.2, 0) is 10.1 Å². The van der Waals surface area contributed by atoms with E-state index in [4.69, 9.17) is 4.18 Å². The minimum atomic E-state index is -3.96. The number of amides is 1. The van der Waals surface area contributed by atoms with E-state index in [1.807, 2.05) is 13.0 Å². The molecule has 0 bridgehead atoms. The van der Waals surface area contributed by atoms with E-state index in [1.165, 1.54) is 12.1 Å². The molecule has 0 spiro atoms. The number of carbonyl (C=O) groups is 1. The van der Waals surface area contributed by atoms with Crippen molar-refractivity contribution >= 4 is 16.0 Å². The maximum Gasteiger partial charge on any atom is 0.339 e. The standard InChI is InChI=1S/C22H23N3O4S/c1-15-5-6-16(2)20(14-15)30(27,28)29-18-9-7-17(8-10-18)22(26)25-13-3-4-19(25)21-23-11-12-24-21/h5-12,14,19H,3-4,13H2,1-2H3,(H,23,24)/t19-/m1/s1. The summed E-state index contributed by atoms with van der Waals surface area (Å²) in [7, 11) is -3.96. The van der Waals surface area contributed by atoms with Gasteiger partial charge >= 0.3 is 10.1 Å². The molecule has 30 heavy (non-hydrogen) atoms. The molecular formula is C22H23N3O4S. The van der Waals surface area contributed by atoms with Crippen molar-refractivity contribution < 1.29 is 17.4 Å². The number of carbonyl (C=O) groups excluding carboxylic acids is 1. The van der Waals surface area contributed by atoms with Gasteiger partial charge < -0.3 is 14.1 Å². The van der Waals surface area contributed by atoms with E-state index in [1.54, 1.807) is 48.5 Å². The predicted molar refractivity (Wildman–Crippen MR) is 112 cm³/mol. The first-order chi connectivity index (χ1) is 14.3. The zero-order valence-electron chi connectivity index (χ0n) is 16.8. The number of nitrogens with zero attached hydrogens (tertiary/aromatic N) is 2. The van der Waals surface area contributed by atoms with Gasteiger partial charge in [0.05, 0.1) is 6.04 Å². The van der Waals surface area contributed by atoms with E-state index in [9.17, 15) is 13.2 Å². The highest BCUT2D eigenvalue weighted by atomic mass is 32.2. The van der Waals surface area contributed by atoms with E-state index < -0.39 is 10.1 Å². The Bertz CT molecular complexity index is 1160. The second-order valence-electron chi connectivity index (χ2n) is 7.46. The fraction of sp³-hybridized carbons (Fsp3) is 0.273. The number of aromatic amines is 1. The summed E-state index contributed by atoms with van der Waals surface area (Å²) in [6, 6.07) is 11.3. The van der Waals surface area contributed by atoms with Gasteiger partial charge in [-0.15, -0.1) is 0 Å². The van der Waals surface area contributed by atoms with Crippen LogP contribution >= 0.6 is 0 Å². The molecule has 0 radical (unpaired) electrons. The van der Waals surface area contributed by atoms with Crippen molar-refractivity contribution in [2.45, 2.75) is 37.6 Å². The van der Waals surface area contributed by atoms with Crippen molar-refractivity contribution in [1.29, 1.82) is 0 Å². The zero-order chi connectivity index (χ0) is 21.3. The van der Waals surface area contributed by atoms with E-state index in [-0.39, 0.29) is 22.6 Å². The van der Waals surface area contributed by atoms with Gasteiger partial charge in [-0.1, -0.05) is 12.1 Å². The highest BCUT2D eigenvalue weighted by molar-refractivity contribution is 7.87. The number of rotatable bonds is 5. The molecule has 0 aliphatic carbocycles. The molecule has 2 aromatic carbocycles. The van der Waals surface area contributed by atoms with Crippen LogP contribution in [0.25, 0.3) is 0 Å². The van der Waals surface area contributed by atoms with Crippen LogP contribution in [-0.4, -0.2) is 35.7 Å². The summed E-state index contributed by atoms with van der Waals surface area (Å²) >= 11 is 0. The first kappa shape index (κ1) is 20.2. The van der Waals surface area contributed by atoms with E-state index in [0.29, 0.717) is 17.7 Å². The fourth-order valence-electron chi connectivity index (χ4n) is 3.72. The number of hydrogen-bond donors (Lipinski definition) is 1. The van der Waals surface area contributed by atoms with Crippen molar-refractivity contribution in [3.05, 3.63) is 77.4 Å². The smallest absolute Gasteiger partial charge is 0.339 e. The van der Waals surface area contributed by atoms with E-state index >= 15 is 0 Å². The van der Waals surface area contributed by atoms with Crippen LogP contribution in [0.3, 0.4) is 0 Å². The van der Waals surface area contributed by atoms with Crippen molar-refractivity contribution in [2.75, 3.05) is 6.54 Å². The lowest BCUT2D eigenvalue weighted by Crippen LogP contribution is -2.31. The number of aryl methyl sites for hydroxylation is 2. The van der Waals surface area contributed by atoms with Crippen LogP contribution in [0.1, 0.15) is 46.2 Å². The van der Waals surface area contributed by atoms with Crippen LogP contribution in [0.15, 0.2) is 59.8 Å². The van der Waals surface area contributed by atoms with Crippen LogP contribution in [0.5, 0.6) is 5.75 Å². The lowest BCUT2D eigenvalue weighted by atomic mass is 10.1. The Morgan fingerprint density at radius 1 is 1.17 bits per heavy atom. The van der Waals surface area contributed by atoms with Crippen LogP contribution in [0.4, 0.5) is 0 Å². The second-order valence-corrected chi connectivity index (χ2v) is 8.98. The van der Waals surface area contributed by atoms with Gasteiger partial charge in [-0.3, -0.25) is 4.79 Å². The average molecular weight is 426 g/mol. The number of hydrogen-bond acceptors (Lipinski definition) is 5. The molecule has 0 saturated carbocycles. The molecule has 0 unspecified atom stereocenters. The molecule has 1 aromatic heterocycles. The molecule has 156 valence electrons. The van der Waals surface area contributed by atoms with E-state index in [0.717, 1.165) is 24.2 Å². The molecule has 1 fully saturated rings. The first-order valence-corrected chi connectivity index (χ1v) is 11.2. The number of aromatic nitrogens is 2. The number of imidazole rings is 1. The molecule has 1 aliphatic rings. The third-order valence-electron chi connectivity index (χ3n) is 5.27. The van der Waals surface area contributed by atoms with Gasteiger partial charge in [0, 0.05) is 24.5 Å². The van der Waals surface area contributed by atoms with Crippen LogP contribution in [0, 0.1) is 13.8 Å². The third-order valence-corrected chi connectivity index (χ3v) is 6.66. The summed E-state index contributed by atoms with van der Waals surface area (Å²) in [6.45, 7) is 4.21. The minimum absolute atomic E-state index is 0.0758. The normalized spacial score (nSPS) is 16.6. The van der Waals surface area contributed by atoms with Gasteiger partial charge in [0.1, 0.15) is 16.5 Å². The Morgan fingerprint density at radius 2 is 1.93 bits per heavy atom. The number of nitrogens with one attached hydrogen (secondary N) is 1. The number of benzene rings is 2. The first-order valence-electron chi connectivity index (χ1n) is 9.77. The van der Waals surface area contributed by atoms with E-state index in [2.05, 4.69) is 9.97 Å². The number of H-pyrrole nitrogens is 1. The van der Waals surface area contributed by atoms with Crippen LogP contribution < -0.4 is 4.18 Å². The Balaban J connectivity index is 1.51. The maximum atomic E-state index is 13.0. The zero-order valence-corrected chi connectivity index (χ0v) is 17.6. The Morgan fingerprint density at radius 3 is 2.63 bits per heavy atom. The predicted octanol–water partition coefficient (Wildman–Crippen LogP) is 3.77. The van der Waals surface area contributed by atoms with Crippen molar-refractivity contribution in [3.63, 3.8) is 0 Å². The average Bonchev–Trinajstić information content (AvgIpc) is 3.41. The monoisotopic (exact) mass is 425 g/mol. The molecule has 3 aromatic rings. The number of likely N-dealkylation sites (tertiary alicyclic amines) is 1. The summed E-state index contributed by atoms with van der Waals surface area (Å²) in [4.78, 5) is 22.3. The lowest BCUT2D eigenvalue weighted by molar-refractivity contribution is 0.0730. The Kier molecular flexibility index (Phi) is 5.34. The highest BCUT2D eigenvalue weighted by Crippen LogP contribution is 2.31. The third kappa shape index (κ3) is 3.95. The highest BCUT2D eigenvalue weighted by Gasteiger charge is 2.32. The molecule has 7 nitrogen and oxygen atoms in total. The molecule has 4 rings (SSSR count). The fourth-order valence-corrected chi connectivity index (χ4v) is 4.97. The molecule has 2 heterocycles. The van der Waals surface area contributed by atoms with Gasteiger partial charge in [-0.25, -0.2) is 4.98 Å². The summed E-state index contributed by atoms with van der Waals surface area (Å²) in [5.74, 6) is 0.828. The SMILES string of the molecule is Cc1ccc(C)c(S(=O)(=O)Oc2ccc(C(=O)N3CCC[C@@H]3c3ncc[nH]3)cc2)c1. The summed E-state index contributed by atoms with van der Waals surface area (Å²) in [5, 5.41) is 0. The van der Waals surface area contributed by atoms with Gasteiger partial charge in [-0.05, 0) is 68.1 Å². The molecular weight excluding hydrogens is 402 g/mol. The largest absolute Gasteiger partial charge is 0.379 e. The van der Waals surface area contributed by atoms with Gasteiger partial charge in [-0.2, -0.15) is 8.42 Å². The lowest BCUT2D eigenvalue weighted by Gasteiger charge is -2.23. The Hall–Kier alpha value is -3.13. The molecule has 1 N–H and O–H groups in total. The summed E-state index contributed by atoms with van der Waals surface area (Å²) in [5.41, 5.74) is 1.93. The van der Waals surface area contributed by atoms with Gasteiger partial charge in [0.2, 0.25) is 0 Å². The quantitative estimate of drug-likeness (QED) is 0.628. The van der Waals surface area contributed by atoms with Gasteiger partial charge in [0.25, 0.3) is 5.91 Å². The molecule has 1 amide bonds. The molecule has 8 heteroatoms. The summed E-state index contributed by atoms with van der Waals surface area (Å²) < 4.78 is 30.6. The van der Waals surface area contributed by atoms with Crippen molar-refractivity contribution in [2.24, 2.45) is 0 Å². The summed E-state index contributed by atoms with van der Waals surface area (Å²) in [6.07, 6.45) is 5.19. The van der Waals surface area contributed by atoms with Crippen molar-refractivity contribution in [1.82, 2.24) is 14.9 Å². The Labute approximate surface area is 175 Å². The maximum absolute atomic E-state index is 13.0. The second kappa shape index (κ2) is 7.95. The minimum Gasteiger partial charge on any atom is -0.379 e. The van der Waals surface area contributed by atoms with Crippen LogP contribution in [0.2, 0.25) is 0 Å². The molecule has 1 aliphatic heterocycles. The molecule has 1 saturated heterocycles. The van der Waals surface area contributed by atoms with Gasteiger partial charge in [0.15, 0.2) is 0 Å². The topological polar surface area (TPSA) is 92.4 Å².